The number of nitrogens with zero attached hydrogens (tertiary/aromatic N) is 1. The van der Waals surface area contributed by atoms with Crippen LogP contribution in [0, 0.1) is 0 Å². The summed E-state index contributed by atoms with van der Waals surface area (Å²) in [6.07, 6.45) is 0. The van der Waals surface area contributed by atoms with Gasteiger partial charge in [0, 0.05) is 23.4 Å². The molecule has 0 unspecified atom stereocenters. The number of halogens is 2. The van der Waals surface area contributed by atoms with Crippen LogP contribution in [0.15, 0.2) is 28.7 Å². The van der Waals surface area contributed by atoms with Crippen LogP contribution >= 0.6 is 27.5 Å². The Bertz CT molecular complexity index is 309. The molecule has 0 aliphatic carbocycles. The van der Waals surface area contributed by atoms with Crippen LogP contribution in [0.25, 0.3) is 0 Å². The summed E-state index contributed by atoms with van der Waals surface area (Å²) in [6, 6.07) is 8.27. The molecule has 1 aromatic rings. The fourth-order valence-electron chi connectivity index (χ4n) is 1.37. The van der Waals surface area contributed by atoms with Gasteiger partial charge < -0.3 is 4.74 Å². The summed E-state index contributed by atoms with van der Waals surface area (Å²) in [5.41, 5.74) is 1.29. The van der Waals surface area contributed by atoms with Crippen LogP contribution < -0.4 is 0 Å². The van der Waals surface area contributed by atoms with Crippen molar-refractivity contribution in [2.24, 2.45) is 0 Å². The van der Waals surface area contributed by atoms with Gasteiger partial charge in [-0.25, -0.2) is 0 Å². The third kappa shape index (κ3) is 5.30. The zero-order valence-electron chi connectivity index (χ0n) is 9.46. The van der Waals surface area contributed by atoms with Gasteiger partial charge in [-0.05, 0) is 18.7 Å². The van der Waals surface area contributed by atoms with Gasteiger partial charge in [0.05, 0.1) is 13.2 Å². The zero-order chi connectivity index (χ0) is 11.8. The highest BCUT2D eigenvalue weighted by molar-refractivity contribution is 9.10. The molecular formula is C12H17BrClNO. The fourth-order valence-corrected chi connectivity index (χ4v) is 1.89. The van der Waals surface area contributed by atoms with Crippen molar-refractivity contribution in [3.05, 3.63) is 34.3 Å². The van der Waals surface area contributed by atoms with E-state index in [9.17, 15) is 0 Å². The Morgan fingerprint density at radius 2 is 2.06 bits per heavy atom. The van der Waals surface area contributed by atoms with Gasteiger partial charge in [-0.1, -0.05) is 34.1 Å². The molecule has 0 saturated heterocycles. The lowest BCUT2D eigenvalue weighted by Crippen LogP contribution is -2.23. The molecule has 16 heavy (non-hydrogen) atoms. The van der Waals surface area contributed by atoms with Crippen LogP contribution in [-0.2, 0) is 11.3 Å². The minimum atomic E-state index is 0.563. The number of alkyl halides is 1. The molecule has 0 saturated carbocycles. The summed E-state index contributed by atoms with van der Waals surface area (Å²) in [7, 11) is 2.09. The van der Waals surface area contributed by atoms with E-state index in [1.807, 2.05) is 6.07 Å². The van der Waals surface area contributed by atoms with E-state index in [1.54, 1.807) is 0 Å². The van der Waals surface area contributed by atoms with Gasteiger partial charge >= 0.3 is 0 Å². The van der Waals surface area contributed by atoms with Crippen LogP contribution in [0.2, 0.25) is 0 Å². The van der Waals surface area contributed by atoms with E-state index in [-0.39, 0.29) is 0 Å². The van der Waals surface area contributed by atoms with Crippen LogP contribution in [0.3, 0.4) is 0 Å². The highest BCUT2D eigenvalue weighted by atomic mass is 79.9. The summed E-state index contributed by atoms with van der Waals surface area (Å²) in [4.78, 5) is 2.23. The van der Waals surface area contributed by atoms with Gasteiger partial charge in [-0.3, -0.25) is 4.90 Å². The SMILES string of the molecule is CN(CCOCCCl)Cc1ccccc1Br. The van der Waals surface area contributed by atoms with Crippen molar-refractivity contribution >= 4 is 27.5 Å². The molecule has 1 aromatic carbocycles. The maximum atomic E-state index is 5.52. The second-order valence-corrected chi connectivity index (χ2v) is 4.86. The lowest BCUT2D eigenvalue weighted by molar-refractivity contribution is 0.121. The van der Waals surface area contributed by atoms with Crippen LogP contribution in [-0.4, -0.2) is 37.6 Å². The van der Waals surface area contributed by atoms with Crippen molar-refractivity contribution in [3.63, 3.8) is 0 Å². The van der Waals surface area contributed by atoms with Crippen LogP contribution in [0.5, 0.6) is 0 Å². The minimum absolute atomic E-state index is 0.563. The first-order chi connectivity index (χ1) is 7.74. The molecule has 0 spiro atoms. The monoisotopic (exact) mass is 305 g/mol. The molecule has 2 nitrogen and oxygen atoms in total. The van der Waals surface area contributed by atoms with E-state index in [0.29, 0.717) is 12.5 Å². The summed E-state index contributed by atoms with van der Waals surface area (Å²) >= 11 is 9.07. The van der Waals surface area contributed by atoms with Gasteiger partial charge in [0.25, 0.3) is 0 Å². The molecule has 0 amide bonds. The lowest BCUT2D eigenvalue weighted by atomic mass is 10.2. The Kier molecular flexibility index (Phi) is 7.05. The Hall–Kier alpha value is -0.0900. The largest absolute Gasteiger partial charge is 0.379 e. The lowest BCUT2D eigenvalue weighted by Gasteiger charge is -2.17. The number of rotatable bonds is 7. The van der Waals surface area contributed by atoms with Gasteiger partial charge in [0.2, 0.25) is 0 Å². The van der Waals surface area contributed by atoms with E-state index in [0.717, 1.165) is 24.2 Å². The maximum absolute atomic E-state index is 5.52. The van der Waals surface area contributed by atoms with Crippen molar-refractivity contribution < 1.29 is 4.74 Å². The average Bonchev–Trinajstić information content (AvgIpc) is 2.28. The Balaban J connectivity index is 2.28. The zero-order valence-corrected chi connectivity index (χ0v) is 11.8. The van der Waals surface area contributed by atoms with Crippen molar-refractivity contribution in [2.75, 3.05) is 32.7 Å². The summed E-state index contributed by atoms with van der Waals surface area (Å²) in [5, 5.41) is 0. The quantitative estimate of drug-likeness (QED) is 0.567. The maximum Gasteiger partial charge on any atom is 0.0602 e. The number of benzene rings is 1. The number of ether oxygens (including phenoxy) is 1. The minimum Gasteiger partial charge on any atom is -0.379 e. The van der Waals surface area contributed by atoms with E-state index in [4.69, 9.17) is 16.3 Å². The van der Waals surface area contributed by atoms with Crippen LogP contribution in [0.4, 0.5) is 0 Å². The molecule has 0 aliphatic rings. The smallest absolute Gasteiger partial charge is 0.0602 e. The molecule has 0 atom stereocenters. The van der Waals surface area contributed by atoms with E-state index in [2.05, 4.69) is 46.1 Å². The average molecular weight is 307 g/mol. The van der Waals surface area contributed by atoms with Gasteiger partial charge in [0.1, 0.15) is 0 Å². The van der Waals surface area contributed by atoms with Gasteiger partial charge in [-0.15, -0.1) is 11.6 Å². The summed E-state index contributed by atoms with van der Waals surface area (Å²) in [5.74, 6) is 0.563. The van der Waals surface area contributed by atoms with Gasteiger partial charge in [-0.2, -0.15) is 0 Å². The highest BCUT2D eigenvalue weighted by Crippen LogP contribution is 2.16. The molecule has 0 fully saturated rings. The molecule has 0 aliphatic heterocycles. The second-order valence-electron chi connectivity index (χ2n) is 3.63. The van der Waals surface area contributed by atoms with E-state index in [1.165, 1.54) is 5.56 Å². The summed E-state index contributed by atoms with van der Waals surface area (Å²) < 4.78 is 6.49. The number of likely N-dealkylation sites (N-methyl/N-ethyl adjacent to an activating group) is 1. The molecule has 90 valence electrons. The Labute approximate surface area is 111 Å². The molecule has 0 heterocycles. The van der Waals surface area contributed by atoms with E-state index >= 15 is 0 Å². The fraction of sp³-hybridized carbons (Fsp3) is 0.500. The Morgan fingerprint density at radius 1 is 1.31 bits per heavy atom. The van der Waals surface area contributed by atoms with Gasteiger partial charge in [0.15, 0.2) is 0 Å². The van der Waals surface area contributed by atoms with Crippen molar-refractivity contribution in [1.29, 1.82) is 0 Å². The number of hydrogen-bond acceptors (Lipinski definition) is 2. The molecule has 4 heteroatoms. The van der Waals surface area contributed by atoms with Crippen molar-refractivity contribution in [2.45, 2.75) is 6.54 Å². The number of hydrogen-bond donors (Lipinski definition) is 0. The molecule has 0 bridgehead atoms. The van der Waals surface area contributed by atoms with E-state index < -0.39 is 0 Å². The second kappa shape index (κ2) is 8.07. The first-order valence-corrected chi connectivity index (χ1v) is 6.62. The first-order valence-electron chi connectivity index (χ1n) is 5.29. The third-order valence-corrected chi connectivity index (χ3v) is 3.16. The topological polar surface area (TPSA) is 12.5 Å². The van der Waals surface area contributed by atoms with Crippen molar-refractivity contribution in [1.82, 2.24) is 4.90 Å². The Morgan fingerprint density at radius 3 is 2.75 bits per heavy atom. The normalized spacial score (nSPS) is 11.0. The third-order valence-electron chi connectivity index (χ3n) is 2.24. The molecule has 0 N–H and O–H groups in total. The predicted octanol–water partition coefficient (Wildman–Crippen LogP) is 3.14. The molecule has 0 radical (unpaired) electrons. The summed E-state index contributed by atoms with van der Waals surface area (Å²) in [6.45, 7) is 3.20. The first kappa shape index (κ1) is 14.0. The molecule has 1 rings (SSSR count). The highest BCUT2D eigenvalue weighted by Gasteiger charge is 2.03. The molecular weight excluding hydrogens is 289 g/mol. The molecule has 0 aromatic heterocycles. The van der Waals surface area contributed by atoms with Crippen LogP contribution in [0.1, 0.15) is 5.56 Å². The predicted molar refractivity (Wildman–Crippen MR) is 72.0 cm³/mol. The van der Waals surface area contributed by atoms with Crippen molar-refractivity contribution in [3.8, 4) is 0 Å². The standard InChI is InChI=1S/C12H17BrClNO/c1-15(7-9-16-8-6-14)10-11-4-2-3-5-12(11)13/h2-5H,6-10H2,1H3.